The maximum absolute atomic E-state index is 13.4. The lowest BCUT2D eigenvalue weighted by Gasteiger charge is -2.31. The molecule has 0 aliphatic carbocycles. The number of aromatic amines is 1. The van der Waals surface area contributed by atoms with Gasteiger partial charge in [-0.1, -0.05) is 0 Å². The van der Waals surface area contributed by atoms with Crippen molar-refractivity contribution in [3.63, 3.8) is 0 Å². The molecule has 1 N–H and O–H groups in total. The molecule has 2 aromatic carbocycles. The number of nitrogens with zero attached hydrogens (tertiary/aromatic N) is 1. The van der Waals surface area contributed by atoms with E-state index in [1.165, 1.54) is 28.6 Å². The van der Waals surface area contributed by atoms with Crippen molar-refractivity contribution in [2.24, 2.45) is 0 Å². The highest BCUT2D eigenvalue weighted by Crippen LogP contribution is 2.31. The number of aromatic nitrogens is 1. The number of piperidine rings is 1. The average Bonchev–Trinajstić information content (AvgIpc) is 3.05. The van der Waals surface area contributed by atoms with Crippen molar-refractivity contribution in [1.29, 1.82) is 0 Å². The fourth-order valence-corrected chi connectivity index (χ4v) is 5.04. The maximum atomic E-state index is 13.4. The summed E-state index contributed by atoms with van der Waals surface area (Å²) in [4.78, 5) is 3.37. The number of hydrogen-bond donors (Lipinski definition) is 1. The van der Waals surface area contributed by atoms with E-state index in [0.717, 1.165) is 41.6 Å². The van der Waals surface area contributed by atoms with Gasteiger partial charge in [0.2, 0.25) is 10.0 Å². The third-order valence-electron chi connectivity index (χ3n) is 4.88. The van der Waals surface area contributed by atoms with Gasteiger partial charge in [0.25, 0.3) is 0 Å². The van der Waals surface area contributed by atoms with Crippen LogP contribution in [-0.4, -0.2) is 30.8 Å². The van der Waals surface area contributed by atoms with E-state index in [9.17, 15) is 17.2 Å². The smallest absolute Gasteiger partial charge is 0.243 e. The fraction of sp³-hybridized carbons (Fsp3) is 0.263. The van der Waals surface area contributed by atoms with Crippen LogP contribution in [0.15, 0.2) is 53.4 Å². The highest BCUT2D eigenvalue weighted by molar-refractivity contribution is 7.89. The van der Waals surface area contributed by atoms with E-state index in [0.29, 0.717) is 13.1 Å². The second kappa shape index (κ2) is 6.48. The topological polar surface area (TPSA) is 53.2 Å². The molecule has 7 heteroatoms. The summed E-state index contributed by atoms with van der Waals surface area (Å²) in [7, 11) is -3.66. The number of fused-ring (bicyclic) bond motifs is 1. The summed E-state index contributed by atoms with van der Waals surface area (Å²) in [6.45, 7) is 0.778. The van der Waals surface area contributed by atoms with Crippen LogP contribution < -0.4 is 0 Å². The highest BCUT2D eigenvalue weighted by atomic mass is 32.2. The van der Waals surface area contributed by atoms with Gasteiger partial charge in [-0.25, -0.2) is 17.2 Å². The van der Waals surface area contributed by atoms with Gasteiger partial charge in [-0.2, -0.15) is 4.31 Å². The van der Waals surface area contributed by atoms with E-state index >= 15 is 0 Å². The first-order chi connectivity index (χ1) is 12.4. The number of nitrogens with one attached hydrogen (secondary N) is 1. The molecule has 1 saturated heterocycles. The lowest BCUT2D eigenvalue weighted by atomic mass is 9.96. The third kappa shape index (κ3) is 3.12. The van der Waals surface area contributed by atoms with Crippen LogP contribution in [0.1, 0.15) is 24.5 Å². The number of hydrogen-bond acceptors (Lipinski definition) is 2. The van der Waals surface area contributed by atoms with Gasteiger partial charge in [0.05, 0.1) is 4.90 Å². The van der Waals surface area contributed by atoms with Crippen molar-refractivity contribution in [2.75, 3.05) is 13.1 Å². The number of benzene rings is 2. The summed E-state index contributed by atoms with van der Waals surface area (Å²) in [6.07, 6.45) is 1.58. The van der Waals surface area contributed by atoms with Crippen molar-refractivity contribution in [1.82, 2.24) is 9.29 Å². The number of halogens is 2. The molecule has 0 spiro atoms. The first kappa shape index (κ1) is 17.2. The Balaban J connectivity index is 1.61. The molecule has 3 aromatic rings. The monoisotopic (exact) mass is 376 g/mol. The summed E-state index contributed by atoms with van der Waals surface area (Å²) >= 11 is 0. The molecule has 4 nitrogen and oxygen atoms in total. The number of rotatable bonds is 3. The largest absolute Gasteiger partial charge is 0.358 e. The van der Waals surface area contributed by atoms with E-state index in [4.69, 9.17) is 0 Å². The molecule has 0 bridgehead atoms. The van der Waals surface area contributed by atoms with Crippen LogP contribution in [0.4, 0.5) is 8.78 Å². The molecule has 1 aliphatic heterocycles. The summed E-state index contributed by atoms with van der Waals surface area (Å²) in [6, 6.07) is 11.3. The van der Waals surface area contributed by atoms with Crippen LogP contribution in [0, 0.1) is 11.6 Å². The number of sulfonamides is 1. The van der Waals surface area contributed by atoms with Crippen LogP contribution in [0.2, 0.25) is 0 Å². The van der Waals surface area contributed by atoms with Crippen LogP contribution in [0.3, 0.4) is 0 Å². The van der Waals surface area contributed by atoms with E-state index in [2.05, 4.69) is 4.98 Å². The zero-order valence-corrected chi connectivity index (χ0v) is 14.8. The Morgan fingerprint density at radius 2 is 1.73 bits per heavy atom. The fourth-order valence-electron chi connectivity index (χ4n) is 3.52. The Kier molecular flexibility index (Phi) is 4.28. The van der Waals surface area contributed by atoms with Gasteiger partial charge in [-0.05, 0) is 61.4 Å². The minimum atomic E-state index is -3.66. The molecule has 0 amide bonds. The van der Waals surface area contributed by atoms with Crippen LogP contribution in [0.5, 0.6) is 0 Å². The third-order valence-corrected chi connectivity index (χ3v) is 6.76. The SMILES string of the molecule is O=S(=O)(c1ccc(F)cc1)N1CCCC(c2cc3cc(F)ccc3[nH]2)C1. The van der Waals surface area contributed by atoms with Crippen molar-refractivity contribution in [3.05, 3.63) is 65.9 Å². The van der Waals surface area contributed by atoms with Gasteiger partial charge in [0.15, 0.2) is 0 Å². The summed E-state index contributed by atoms with van der Waals surface area (Å²) in [5, 5.41) is 0.776. The first-order valence-corrected chi connectivity index (χ1v) is 9.91. The normalized spacial score (nSPS) is 19.1. The second-order valence-corrected chi connectivity index (χ2v) is 8.55. The van der Waals surface area contributed by atoms with E-state index in [1.54, 1.807) is 6.07 Å². The minimum absolute atomic E-state index is 0.00874. The zero-order valence-electron chi connectivity index (χ0n) is 14.0. The van der Waals surface area contributed by atoms with Crippen LogP contribution in [-0.2, 0) is 10.0 Å². The lowest BCUT2D eigenvalue weighted by Crippen LogP contribution is -2.39. The van der Waals surface area contributed by atoms with Gasteiger partial charge < -0.3 is 4.98 Å². The van der Waals surface area contributed by atoms with Gasteiger partial charge in [0, 0.05) is 35.6 Å². The lowest BCUT2D eigenvalue weighted by molar-refractivity contribution is 0.313. The molecular weight excluding hydrogens is 358 g/mol. The molecule has 136 valence electrons. The Labute approximate surface area is 150 Å². The van der Waals surface area contributed by atoms with Gasteiger partial charge >= 0.3 is 0 Å². The quantitative estimate of drug-likeness (QED) is 0.751. The summed E-state index contributed by atoms with van der Waals surface area (Å²) in [5.74, 6) is -0.757. The van der Waals surface area contributed by atoms with Crippen LogP contribution >= 0.6 is 0 Å². The van der Waals surface area contributed by atoms with Gasteiger partial charge in [0.1, 0.15) is 11.6 Å². The number of H-pyrrole nitrogens is 1. The molecule has 1 aromatic heterocycles. The molecule has 1 aliphatic rings. The Morgan fingerprint density at radius 1 is 1.00 bits per heavy atom. The van der Waals surface area contributed by atoms with E-state index < -0.39 is 15.8 Å². The molecule has 2 heterocycles. The Hall–Kier alpha value is -2.25. The molecular formula is C19H18F2N2O2S. The highest BCUT2D eigenvalue weighted by Gasteiger charge is 2.31. The summed E-state index contributed by atoms with van der Waals surface area (Å²) in [5.41, 5.74) is 1.74. The van der Waals surface area contributed by atoms with Crippen molar-refractivity contribution in [2.45, 2.75) is 23.7 Å². The molecule has 1 unspecified atom stereocenters. The maximum Gasteiger partial charge on any atom is 0.243 e. The standard InChI is InChI=1S/C19H18F2N2O2S/c20-15-3-6-17(7-4-15)26(24,25)23-9-1-2-13(12-23)19-11-14-10-16(21)5-8-18(14)22-19/h3-8,10-11,13,22H,1-2,9,12H2. The second-order valence-electron chi connectivity index (χ2n) is 6.61. The van der Waals surface area contributed by atoms with E-state index in [1.807, 2.05) is 6.07 Å². The van der Waals surface area contributed by atoms with Crippen molar-refractivity contribution < 1.29 is 17.2 Å². The molecule has 1 fully saturated rings. The van der Waals surface area contributed by atoms with Gasteiger partial charge in [-0.15, -0.1) is 0 Å². The molecule has 1 atom stereocenters. The van der Waals surface area contributed by atoms with Crippen molar-refractivity contribution >= 4 is 20.9 Å². The predicted molar refractivity (Wildman–Crippen MR) is 95.4 cm³/mol. The first-order valence-electron chi connectivity index (χ1n) is 8.47. The Bertz CT molecular complexity index is 1050. The molecule has 26 heavy (non-hydrogen) atoms. The summed E-state index contributed by atoms with van der Waals surface area (Å²) < 4.78 is 53.6. The van der Waals surface area contributed by atoms with Crippen molar-refractivity contribution in [3.8, 4) is 0 Å². The van der Waals surface area contributed by atoms with Gasteiger partial charge in [-0.3, -0.25) is 0 Å². The Morgan fingerprint density at radius 3 is 2.50 bits per heavy atom. The molecule has 0 radical (unpaired) electrons. The minimum Gasteiger partial charge on any atom is -0.358 e. The average molecular weight is 376 g/mol. The molecule has 4 rings (SSSR count). The zero-order chi connectivity index (χ0) is 18.3. The van der Waals surface area contributed by atoms with Crippen LogP contribution in [0.25, 0.3) is 10.9 Å². The molecule has 0 saturated carbocycles. The van der Waals surface area contributed by atoms with E-state index in [-0.39, 0.29) is 16.6 Å². The predicted octanol–water partition coefficient (Wildman–Crippen LogP) is 4.01.